The number of para-hydroxylation sites is 1. The lowest BCUT2D eigenvalue weighted by Gasteiger charge is -2.15. The Hall–Kier alpha value is -1.55. The molecule has 0 atom stereocenters. The molecule has 0 spiro atoms. The fourth-order valence-corrected chi connectivity index (χ4v) is 2.28. The second kappa shape index (κ2) is 8.03. The normalized spacial score (nSPS) is 10.6. The van der Waals surface area contributed by atoms with Crippen molar-refractivity contribution >= 4 is 11.6 Å². The first-order valence-electron chi connectivity index (χ1n) is 7.11. The Morgan fingerprint density at radius 2 is 1.86 bits per heavy atom. The number of benzene rings is 2. The van der Waals surface area contributed by atoms with Gasteiger partial charge in [0.15, 0.2) is 0 Å². The summed E-state index contributed by atoms with van der Waals surface area (Å²) in [5.74, 6) is 1.37. The highest BCUT2D eigenvalue weighted by Crippen LogP contribution is 2.32. The van der Waals surface area contributed by atoms with Crippen LogP contribution in [0.4, 0.5) is 0 Å². The summed E-state index contributed by atoms with van der Waals surface area (Å²) in [7, 11) is 0. The lowest BCUT2D eigenvalue weighted by Crippen LogP contribution is -2.14. The van der Waals surface area contributed by atoms with Crippen LogP contribution in [0.3, 0.4) is 0 Å². The van der Waals surface area contributed by atoms with Crippen LogP contribution in [-0.2, 0) is 13.2 Å². The summed E-state index contributed by atoms with van der Waals surface area (Å²) in [6.07, 6.45) is 1.06. The van der Waals surface area contributed by atoms with Crippen molar-refractivity contribution in [3.63, 3.8) is 0 Å². The van der Waals surface area contributed by atoms with Crippen LogP contribution in [0.15, 0.2) is 42.5 Å². The number of aliphatic hydroxyl groups is 1. The molecule has 0 radical (unpaired) electrons. The van der Waals surface area contributed by atoms with E-state index in [-0.39, 0.29) is 6.61 Å². The Labute approximate surface area is 130 Å². The fraction of sp³-hybridized carbons (Fsp3) is 0.294. The van der Waals surface area contributed by atoms with Crippen LogP contribution < -0.4 is 10.1 Å². The first-order valence-corrected chi connectivity index (χ1v) is 7.48. The third-order valence-corrected chi connectivity index (χ3v) is 3.52. The fourth-order valence-electron chi connectivity index (χ4n) is 2.05. The number of rotatable bonds is 7. The Morgan fingerprint density at radius 3 is 2.62 bits per heavy atom. The van der Waals surface area contributed by atoms with Gasteiger partial charge in [0.05, 0.1) is 6.61 Å². The molecule has 0 aliphatic rings. The van der Waals surface area contributed by atoms with Gasteiger partial charge in [0, 0.05) is 22.7 Å². The van der Waals surface area contributed by atoms with Crippen molar-refractivity contribution in [2.75, 3.05) is 6.54 Å². The van der Waals surface area contributed by atoms with Gasteiger partial charge < -0.3 is 15.2 Å². The summed E-state index contributed by atoms with van der Waals surface area (Å²) in [6, 6.07) is 13.1. The van der Waals surface area contributed by atoms with E-state index in [1.54, 1.807) is 0 Å². The summed E-state index contributed by atoms with van der Waals surface area (Å²) in [4.78, 5) is 0. The van der Waals surface area contributed by atoms with Crippen molar-refractivity contribution in [2.24, 2.45) is 0 Å². The van der Waals surface area contributed by atoms with E-state index in [1.165, 1.54) is 0 Å². The van der Waals surface area contributed by atoms with Crippen LogP contribution in [0.1, 0.15) is 24.5 Å². The third-order valence-electron chi connectivity index (χ3n) is 3.17. The number of nitrogens with one attached hydrogen (secondary N) is 1. The molecule has 0 saturated heterocycles. The van der Waals surface area contributed by atoms with Gasteiger partial charge in [0.25, 0.3) is 0 Å². The van der Waals surface area contributed by atoms with Gasteiger partial charge in [-0.05, 0) is 31.2 Å². The van der Waals surface area contributed by atoms with E-state index in [1.807, 2.05) is 42.5 Å². The third kappa shape index (κ3) is 4.21. The molecule has 112 valence electrons. The Kier molecular flexibility index (Phi) is 6.05. The molecule has 0 bridgehead atoms. The van der Waals surface area contributed by atoms with Crippen LogP contribution in [-0.4, -0.2) is 11.7 Å². The van der Waals surface area contributed by atoms with Crippen LogP contribution in [0.2, 0.25) is 5.02 Å². The number of hydrogen-bond acceptors (Lipinski definition) is 3. The molecule has 0 amide bonds. The zero-order chi connectivity index (χ0) is 15.1. The molecular weight excluding hydrogens is 286 g/mol. The van der Waals surface area contributed by atoms with Crippen molar-refractivity contribution in [3.8, 4) is 11.5 Å². The van der Waals surface area contributed by atoms with Gasteiger partial charge in [-0.25, -0.2) is 0 Å². The maximum Gasteiger partial charge on any atom is 0.133 e. The molecule has 2 aromatic carbocycles. The SMILES string of the molecule is CCCNCc1c(Cl)cccc1Oc1ccccc1CO. The second-order valence-electron chi connectivity index (χ2n) is 4.76. The van der Waals surface area contributed by atoms with Gasteiger partial charge in [-0.2, -0.15) is 0 Å². The van der Waals surface area contributed by atoms with E-state index in [0.29, 0.717) is 23.1 Å². The summed E-state index contributed by atoms with van der Waals surface area (Å²) < 4.78 is 5.96. The zero-order valence-electron chi connectivity index (χ0n) is 12.1. The van der Waals surface area contributed by atoms with E-state index >= 15 is 0 Å². The lowest BCUT2D eigenvalue weighted by atomic mass is 10.1. The molecule has 0 unspecified atom stereocenters. The van der Waals surface area contributed by atoms with Crippen molar-refractivity contribution in [1.29, 1.82) is 0 Å². The van der Waals surface area contributed by atoms with E-state index in [0.717, 1.165) is 24.1 Å². The molecule has 0 heterocycles. The molecule has 2 aromatic rings. The Balaban J connectivity index is 2.24. The van der Waals surface area contributed by atoms with Gasteiger partial charge in [0.1, 0.15) is 11.5 Å². The molecular formula is C17H20ClNO2. The van der Waals surface area contributed by atoms with Crippen molar-refractivity contribution < 1.29 is 9.84 Å². The van der Waals surface area contributed by atoms with Crippen molar-refractivity contribution in [2.45, 2.75) is 26.5 Å². The van der Waals surface area contributed by atoms with E-state index in [4.69, 9.17) is 16.3 Å². The highest BCUT2D eigenvalue weighted by molar-refractivity contribution is 6.31. The summed E-state index contributed by atoms with van der Waals surface area (Å²) in [6.45, 7) is 3.65. The van der Waals surface area contributed by atoms with E-state index in [9.17, 15) is 5.11 Å². The summed E-state index contributed by atoms with van der Waals surface area (Å²) in [5.41, 5.74) is 1.69. The first kappa shape index (κ1) is 15.8. The molecule has 0 aliphatic heterocycles. The molecule has 21 heavy (non-hydrogen) atoms. The average Bonchev–Trinajstić information content (AvgIpc) is 2.50. The minimum Gasteiger partial charge on any atom is -0.457 e. The van der Waals surface area contributed by atoms with Gasteiger partial charge >= 0.3 is 0 Å². The minimum atomic E-state index is -0.0554. The van der Waals surface area contributed by atoms with Gasteiger partial charge in [-0.15, -0.1) is 0 Å². The molecule has 3 nitrogen and oxygen atoms in total. The minimum absolute atomic E-state index is 0.0554. The molecule has 0 saturated carbocycles. The van der Waals surface area contributed by atoms with Crippen LogP contribution in [0.25, 0.3) is 0 Å². The maximum atomic E-state index is 9.38. The number of halogens is 1. The predicted molar refractivity (Wildman–Crippen MR) is 85.9 cm³/mol. The quantitative estimate of drug-likeness (QED) is 0.756. The predicted octanol–water partition coefficient (Wildman–Crippen LogP) is 4.12. The average molecular weight is 306 g/mol. The smallest absolute Gasteiger partial charge is 0.133 e. The number of ether oxygens (including phenoxy) is 1. The number of aliphatic hydroxyl groups excluding tert-OH is 1. The topological polar surface area (TPSA) is 41.5 Å². The molecule has 2 N–H and O–H groups in total. The zero-order valence-corrected chi connectivity index (χ0v) is 12.9. The van der Waals surface area contributed by atoms with Gasteiger partial charge in [-0.1, -0.05) is 42.8 Å². The standard InChI is InChI=1S/C17H20ClNO2/c1-2-10-19-11-14-15(18)7-5-9-17(14)21-16-8-4-3-6-13(16)12-20/h3-9,19-20H,2,10-12H2,1H3. The Bertz CT molecular complexity index is 587. The lowest BCUT2D eigenvalue weighted by molar-refractivity contribution is 0.276. The monoisotopic (exact) mass is 305 g/mol. The molecule has 4 heteroatoms. The van der Waals surface area contributed by atoms with Crippen LogP contribution in [0, 0.1) is 0 Å². The maximum absolute atomic E-state index is 9.38. The largest absolute Gasteiger partial charge is 0.457 e. The highest BCUT2D eigenvalue weighted by atomic mass is 35.5. The van der Waals surface area contributed by atoms with Crippen LogP contribution in [0.5, 0.6) is 11.5 Å². The Morgan fingerprint density at radius 1 is 1.10 bits per heavy atom. The second-order valence-corrected chi connectivity index (χ2v) is 5.17. The van der Waals surface area contributed by atoms with Crippen LogP contribution >= 0.6 is 11.6 Å². The molecule has 0 fully saturated rings. The van der Waals surface area contributed by atoms with E-state index in [2.05, 4.69) is 12.2 Å². The molecule has 2 rings (SSSR count). The molecule has 0 aliphatic carbocycles. The van der Waals surface area contributed by atoms with Crippen molar-refractivity contribution in [3.05, 3.63) is 58.6 Å². The summed E-state index contributed by atoms with van der Waals surface area (Å²) in [5, 5.41) is 13.4. The van der Waals surface area contributed by atoms with Gasteiger partial charge in [-0.3, -0.25) is 0 Å². The van der Waals surface area contributed by atoms with E-state index < -0.39 is 0 Å². The highest BCUT2D eigenvalue weighted by Gasteiger charge is 2.10. The first-order chi connectivity index (χ1) is 10.3. The number of hydrogen-bond donors (Lipinski definition) is 2. The van der Waals surface area contributed by atoms with Gasteiger partial charge in [0.2, 0.25) is 0 Å². The summed E-state index contributed by atoms with van der Waals surface area (Å²) >= 11 is 6.28. The van der Waals surface area contributed by atoms with Crippen molar-refractivity contribution in [1.82, 2.24) is 5.32 Å². The molecule has 0 aromatic heterocycles.